The van der Waals surface area contributed by atoms with Crippen LogP contribution in [0.3, 0.4) is 0 Å². The smallest absolute Gasteiger partial charge is 0.336 e. The average Bonchev–Trinajstić information content (AvgIpc) is 3.12. The molecule has 1 N–H and O–H groups in total. The Morgan fingerprint density at radius 1 is 1.17 bits per heavy atom. The Hall–Kier alpha value is -3.26. The summed E-state index contributed by atoms with van der Waals surface area (Å²) in [5.41, 5.74) is 1.53. The predicted octanol–water partition coefficient (Wildman–Crippen LogP) is 4.08. The summed E-state index contributed by atoms with van der Waals surface area (Å²) in [7, 11) is 1.57. The maximum Gasteiger partial charge on any atom is 0.336 e. The minimum atomic E-state index is -0.420. The molecule has 3 rings (SSSR count). The summed E-state index contributed by atoms with van der Waals surface area (Å²) in [6.45, 7) is 4.61. The van der Waals surface area contributed by atoms with Gasteiger partial charge in [-0.3, -0.25) is 4.79 Å². The van der Waals surface area contributed by atoms with Gasteiger partial charge >= 0.3 is 6.01 Å². The predicted molar refractivity (Wildman–Crippen MR) is 112 cm³/mol. The molecule has 2 aromatic carbocycles. The van der Waals surface area contributed by atoms with E-state index in [0.29, 0.717) is 35.8 Å². The van der Waals surface area contributed by atoms with Crippen LogP contribution in [0.2, 0.25) is 0 Å². The minimum Gasteiger partial charge on any atom is -0.460 e. The van der Waals surface area contributed by atoms with Gasteiger partial charge in [0.1, 0.15) is 12.4 Å². The summed E-state index contributed by atoms with van der Waals surface area (Å²) < 4.78 is 26.5. The van der Waals surface area contributed by atoms with Crippen molar-refractivity contribution in [2.24, 2.45) is 5.92 Å². The second-order valence-corrected chi connectivity index (χ2v) is 7.15. The zero-order valence-corrected chi connectivity index (χ0v) is 17.3. The molecular formula is C22H25FN4O3. The van der Waals surface area contributed by atoms with E-state index in [2.05, 4.69) is 15.4 Å². The fourth-order valence-corrected chi connectivity index (χ4v) is 2.87. The van der Waals surface area contributed by atoms with Gasteiger partial charge in [-0.05, 0) is 36.2 Å². The number of carbonyl (C=O) groups is 1. The molecular weight excluding hydrogens is 387 g/mol. The van der Waals surface area contributed by atoms with Crippen LogP contribution < -0.4 is 10.1 Å². The number of anilines is 1. The van der Waals surface area contributed by atoms with Crippen LogP contribution in [-0.2, 0) is 9.53 Å². The minimum absolute atomic E-state index is 0.0707. The number of aromatic nitrogens is 3. The van der Waals surface area contributed by atoms with Crippen LogP contribution in [0.15, 0.2) is 48.5 Å². The molecule has 0 saturated carbocycles. The van der Waals surface area contributed by atoms with Crippen LogP contribution in [-0.4, -0.2) is 41.0 Å². The van der Waals surface area contributed by atoms with Gasteiger partial charge in [-0.2, -0.15) is 4.98 Å². The zero-order valence-electron chi connectivity index (χ0n) is 17.3. The third-order valence-electron chi connectivity index (χ3n) is 4.19. The molecule has 0 saturated heterocycles. The Labute approximate surface area is 174 Å². The van der Waals surface area contributed by atoms with Crippen molar-refractivity contribution in [3.8, 4) is 23.1 Å². The maximum atomic E-state index is 14.5. The number of halogens is 1. The summed E-state index contributed by atoms with van der Waals surface area (Å²) in [6, 6.07) is 13.6. The van der Waals surface area contributed by atoms with Crippen LogP contribution >= 0.6 is 0 Å². The van der Waals surface area contributed by atoms with Gasteiger partial charge in [0.25, 0.3) is 0 Å². The second kappa shape index (κ2) is 9.98. The number of hydrogen-bond acceptors (Lipinski definition) is 5. The second-order valence-electron chi connectivity index (χ2n) is 7.15. The molecule has 1 amide bonds. The molecule has 1 aromatic heterocycles. The van der Waals surface area contributed by atoms with Gasteiger partial charge in [-0.25, -0.2) is 9.07 Å². The fraction of sp³-hybridized carbons (Fsp3) is 0.318. The highest BCUT2D eigenvalue weighted by Crippen LogP contribution is 2.27. The molecule has 0 aliphatic rings. The van der Waals surface area contributed by atoms with E-state index in [1.54, 1.807) is 49.6 Å². The van der Waals surface area contributed by atoms with E-state index in [1.165, 1.54) is 10.7 Å². The van der Waals surface area contributed by atoms with Crippen molar-refractivity contribution < 1.29 is 18.7 Å². The SMILES string of the molecule is COCCOc1nc(-c2ccccc2F)n(-c2cccc(NC(=O)CC(C)C)c2)n1. The highest BCUT2D eigenvalue weighted by atomic mass is 19.1. The van der Waals surface area contributed by atoms with E-state index < -0.39 is 5.82 Å². The Morgan fingerprint density at radius 2 is 1.97 bits per heavy atom. The standard InChI is InChI=1S/C22H25FN4O3/c1-15(2)13-20(28)24-16-7-6-8-17(14-16)27-21(18-9-4-5-10-19(18)23)25-22(26-27)30-12-11-29-3/h4-10,14-15H,11-13H2,1-3H3,(H,24,28). The molecule has 3 aromatic rings. The van der Waals surface area contributed by atoms with Crippen molar-refractivity contribution in [3.05, 3.63) is 54.3 Å². The molecule has 0 radical (unpaired) electrons. The Bertz CT molecular complexity index is 1000. The van der Waals surface area contributed by atoms with E-state index in [0.717, 1.165) is 0 Å². The molecule has 0 unspecified atom stereocenters. The first-order valence-electron chi connectivity index (χ1n) is 9.72. The summed E-state index contributed by atoms with van der Waals surface area (Å²) >= 11 is 0. The number of methoxy groups -OCH3 is 1. The molecule has 30 heavy (non-hydrogen) atoms. The van der Waals surface area contributed by atoms with Crippen molar-refractivity contribution in [2.45, 2.75) is 20.3 Å². The highest BCUT2D eigenvalue weighted by Gasteiger charge is 2.18. The Kier molecular flexibility index (Phi) is 7.13. The first-order valence-corrected chi connectivity index (χ1v) is 9.72. The van der Waals surface area contributed by atoms with E-state index in [1.807, 2.05) is 13.8 Å². The molecule has 0 aliphatic carbocycles. The van der Waals surface area contributed by atoms with Crippen molar-refractivity contribution in [2.75, 3.05) is 25.6 Å². The quantitative estimate of drug-likeness (QED) is 0.536. The number of amides is 1. The normalized spacial score (nSPS) is 11.0. The summed E-state index contributed by atoms with van der Waals surface area (Å²) in [5.74, 6) is 0.0591. The lowest BCUT2D eigenvalue weighted by Gasteiger charge is -2.10. The van der Waals surface area contributed by atoms with Crippen LogP contribution in [0, 0.1) is 11.7 Å². The number of nitrogens with zero attached hydrogens (tertiary/aromatic N) is 3. The molecule has 0 spiro atoms. The molecule has 158 valence electrons. The fourth-order valence-electron chi connectivity index (χ4n) is 2.87. The van der Waals surface area contributed by atoms with Gasteiger partial charge in [0.2, 0.25) is 5.91 Å². The monoisotopic (exact) mass is 412 g/mol. The van der Waals surface area contributed by atoms with Crippen LogP contribution in [0.5, 0.6) is 6.01 Å². The van der Waals surface area contributed by atoms with E-state index in [-0.39, 0.29) is 24.4 Å². The third kappa shape index (κ3) is 5.42. The molecule has 0 bridgehead atoms. The van der Waals surface area contributed by atoms with Gasteiger partial charge in [-0.15, -0.1) is 5.10 Å². The van der Waals surface area contributed by atoms with Crippen molar-refractivity contribution >= 4 is 11.6 Å². The summed E-state index contributed by atoms with van der Waals surface area (Å²) in [6.07, 6.45) is 0.422. The lowest BCUT2D eigenvalue weighted by Crippen LogP contribution is -2.14. The van der Waals surface area contributed by atoms with Gasteiger partial charge in [0.15, 0.2) is 5.82 Å². The van der Waals surface area contributed by atoms with Crippen molar-refractivity contribution in [3.63, 3.8) is 0 Å². The molecule has 0 fully saturated rings. The number of carbonyl (C=O) groups excluding carboxylic acids is 1. The molecule has 7 nitrogen and oxygen atoms in total. The number of rotatable bonds is 9. The van der Waals surface area contributed by atoms with Gasteiger partial charge < -0.3 is 14.8 Å². The summed E-state index contributed by atoms with van der Waals surface area (Å²) in [4.78, 5) is 16.5. The Morgan fingerprint density at radius 3 is 2.70 bits per heavy atom. The van der Waals surface area contributed by atoms with E-state index in [4.69, 9.17) is 9.47 Å². The van der Waals surface area contributed by atoms with E-state index in [9.17, 15) is 9.18 Å². The average molecular weight is 412 g/mol. The Balaban J connectivity index is 1.96. The number of nitrogens with one attached hydrogen (secondary N) is 1. The summed E-state index contributed by atoms with van der Waals surface area (Å²) in [5, 5.41) is 7.27. The van der Waals surface area contributed by atoms with Crippen molar-refractivity contribution in [1.82, 2.24) is 14.8 Å². The first-order chi connectivity index (χ1) is 14.5. The highest BCUT2D eigenvalue weighted by molar-refractivity contribution is 5.91. The molecule has 8 heteroatoms. The zero-order chi connectivity index (χ0) is 21.5. The molecule has 0 atom stereocenters. The topological polar surface area (TPSA) is 78.3 Å². The van der Waals surface area contributed by atoms with Crippen LogP contribution in [0.4, 0.5) is 10.1 Å². The number of hydrogen-bond donors (Lipinski definition) is 1. The maximum absolute atomic E-state index is 14.5. The third-order valence-corrected chi connectivity index (χ3v) is 4.19. The van der Waals surface area contributed by atoms with Gasteiger partial charge in [0, 0.05) is 19.2 Å². The number of ether oxygens (including phenoxy) is 2. The lowest BCUT2D eigenvalue weighted by atomic mass is 10.1. The largest absolute Gasteiger partial charge is 0.460 e. The van der Waals surface area contributed by atoms with Crippen molar-refractivity contribution in [1.29, 1.82) is 0 Å². The number of benzene rings is 2. The van der Waals surface area contributed by atoms with E-state index >= 15 is 0 Å². The lowest BCUT2D eigenvalue weighted by molar-refractivity contribution is -0.116. The molecule has 0 aliphatic heterocycles. The van der Waals surface area contributed by atoms with Gasteiger partial charge in [0.05, 0.1) is 17.9 Å². The first kappa shape index (κ1) is 21.4. The van der Waals surface area contributed by atoms with Crippen LogP contribution in [0.25, 0.3) is 17.1 Å². The van der Waals surface area contributed by atoms with Gasteiger partial charge in [-0.1, -0.05) is 32.0 Å². The molecule has 1 heterocycles. The van der Waals surface area contributed by atoms with Crippen LogP contribution in [0.1, 0.15) is 20.3 Å².